The lowest BCUT2D eigenvalue weighted by Gasteiger charge is -2.11. The Hall–Kier alpha value is -3.66. The van der Waals surface area contributed by atoms with Crippen molar-refractivity contribution in [3.63, 3.8) is 0 Å². The number of methoxy groups -OCH3 is 1. The fourth-order valence-corrected chi connectivity index (χ4v) is 3.11. The van der Waals surface area contributed by atoms with Crippen LogP contribution in [-0.4, -0.2) is 36.0 Å². The minimum absolute atomic E-state index is 0.0688. The average molecular weight is 394 g/mol. The maximum absolute atomic E-state index is 11.0. The summed E-state index contributed by atoms with van der Waals surface area (Å²) in [7, 11) is 1.54. The van der Waals surface area contributed by atoms with Crippen LogP contribution in [0.25, 0.3) is 10.9 Å². The van der Waals surface area contributed by atoms with Gasteiger partial charge in [0.2, 0.25) is 0 Å². The van der Waals surface area contributed by atoms with Gasteiger partial charge in [0.25, 0.3) is 0 Å². The quantitative estimate of drug-likeness (QED) is 0.556. The van der Waals surface area contributed by atoms with E-state index >= 15 is 0 Å². The van der Waals surface area contributed by atoms with Gasteiger partial charge in [0.05, 0.1) is 32.0 Å². The SMILES string of the molecule is COc1cc(C#N)ccc1OCCCOc1ccc2c(c1)c(C)cn2CC(=O)O. The van der Waals surface area contributed by atoms with Crippen molar-refractivity contribution < 1.29 is 24.1 Å². The first-order valence-electron chi connectivity index (χ1n) is 9.17. The van der Waals surface area contributed by atoms with E-state index < -0.39 is 5.97 Å². The van der Waals surface area contributed by atoms with Crippen LogP contribution in [0.4, 0.5) is 0 Å². The maximum Gasteiger partial charge on any atom is 0.323 e. The van der Waals surface area contributed by atoms with Gasteiger partial charge in [0.1, 0.15) is 12.3 Å². The van der Waals surface area contributed by atoms with E-state index in [1.165, 1.54) is 7.11 Å². The molecule has 1 N–H and O–H groups in total. The molecule has 0 atom stereocenters. The Bertz CT molecular complexity index is 1060. The lowest BCUT2D eigenvalue weighted by Crippen LogP contribution is -2.07. The number of aliphatic carboxylic acids is 1. The van der Waals surface area contributed by atoms with Crippen molar-refractivity contribution >= 4 is 16.9 Å². The zero-order valence-electron chi connectivity index (χ0n) is 16.3. The summed E-state index contributed by atoms with van der Waals surface area (Å²) in [5, 5.41) is 18.9. The normalized spacial score (nSPS) is 10.5. The number of nitrogens with zero attached hydrogens (tertiary/aromatic N) is 2. The molecule has 0 unspecified atom stereocenters. The lowest BCUT2D eigenvalue weighted by molar-refractivity contribution is -0.137. The van der Waals surface area contributed by atoms with Crippen molar-refractivity contribution in [2.24, 2.45) is 0 Å². The Morgan fingerprint density at radius 3 is 2.66 bits per heavy atom. The van der Waals surface area contributed by atoms with Gasteiger partial charge in [-0.1, -0.05) is 0 Å². The molecule has 2 aromatic carbocycles. The highest BCUT2D eigenvalue weighted by Gasteiger charge is 2.10. The molecule has 0 fully saturated rings. The Labute approximate surface area is 168 Å². The molecule has 0 spiro atoms. The number of carboxylic acids is 1. The fourth-order valence-electron chi connectivity index (χ4n) is 3.11. The summed E-state index contributed by atoms with van der Waals surface area (Å²) < 4.78 is 18.5. The summed E-state index contributed by atoms with van der Waals surface area (Å²) in [5.74, 6) is 0.964. The minimum Gasteiger partial charge on any atom is -0.493 e. The largest absolute Gasteiger partial charge is 0.493 e. The molecule has 1 heterocycles. The van der Waals surface area contributed by atoms with Crippen LogP contribution in [0.3, 0.4) is 0 Å². The second kappa shape index (κ2) is 9.02. The monoisotopic (exact) mass is 394 g/mol. The van der Waals surface area contributed by atoms with Crippen LogP contribution in [0.15, 0.2) is 42.6 Å². The molecule has 0 aliphatic rings. The van der Waals surface area contributed by atoms with Gasteiger partial charge >= 0.3 is 5.97 Å². The molecule has 7 nitrogen and oxygen atoms in total. The highest BCUT2D eigenvalue weighted by atomic mass is 16.5. The summed E-state index contributed by atoms with van der Waals surface area (Å²) in [6.07, 6.45) is 2.50. The van der Waals surface area contributed by atoms with Crippen LogP contribution < -0.4 is 14.2 Å². The van der Waals surface area contributed by atoms with Gasteiger partial charge in [0, 0.05) is 29.6 Å². The van der Waals surface area contributed by atoms with Crippen LogP contribution in [-0.2, 0) is 11.3 Å². The van der Waals surface area contributed by atoms with E-state index in [1.807, 2.05) is 31.3 Å². The highest BCUT2D eigenvalue weighted by molar-refractivity contribution is 5.86. The number of nitriles is 1. The summed E-state index contributed by atoms with van der Waals surface area (Å²) >= 11 is 0. The molecule has 0 amide bonds. The van der Waals surface area contributed by atoms with Crippen molar-refractivity contribution in [1.82, 2.24) is 4.57 Å². The molecule has 1 aromatic heterocycles. The number of hydrogen-bond acceptors (Lipinski definition) is 5. The van der Waals surface area contributed by atoms with Crippen LogP contribution in [0.5, 0.6) is 17.2 Å². The summed E-state index contributed by atoms with van der Waals surface area (Å²) in [6.45, 7) is 2.79. The fraction of sp³-hybridized carbons (Fsp3) is 0.273. The van der Waals surface area contributed by atoms with Crippen LogP contribution >= 0.6 is 0 Å². The van der Waals surface area contributed by atoms with Gasteiger partial charge in [-0.3, -0.25) is 4.79 Å². The number of rotatable bonds is 9. The van der Waals surface area contributed by atoms with E-state index in [-0.39, 0.29) is 6.54 Å². The molecule has 7 heteroatoms. The van der Waals surface area contributed by atoms with Crippen molar-refractivity contribution in [1.29, 1.82) is 5.26 Å². The molecule has 0 saturated carbocycles. The third-order valence-corrected chi connectivity index (χ3v) is 4.47. The third kappa shape index (κ3) is 4.79. The number of carbonyl (C=O) groups is 1. The Morgan fingerprint density at radius 1 is 1.14 bits per heavy atom. The number of ether oxygens (including phenoxy) is 3. The number of fused-ring (bicyclic) bond motifs is 1. The predicted octanol–water partition coefficient (Wildman–Crippen LogP) is 3.76. The summed E-state index contributed by atoms with van der Waals surface area (Å²) in [6, 6.07) is 12.7. The second-order valence-corrected chi connectivity index (χ2v) is 6.54. The molecular formula is C22H22N2O5. The standard InChI is InChI=1S/C22H22N2O5/c1-15-13-24(14-22(25)26)19-6-5-17(11-18(15)19)28-8-3-9-29-20-7-4-16(12-23)10-21(20)27-2/h4-7,10-11,13H,3,8-9,14H2,1-2H3,(H,25,26). The van der Waals surface area contributed by atoms with Crippen molar-refractivity contribution in [3.05, 3.63) is 53.7 Å². The Balaban J connectivity index is 1.55. The van der Waals surface area contributed by atoms with E-state index in [2.05, 4.69) is 6.07 Å². The zero-order valence-corrected chi connectivity index (χ0v) is 16.3. The number of benzene rings is 2. The van der Waals surface area contributed by atoms with Gasteiger partial charge in [0.15, 0.2) is 11.5 Å². The topological polar surface area (TPSA) is 93.7 Å². The number of aryl methyl sites for hydroxylation is 1. The molecule has 0 radical (unpaired) electrons. The van der Waals surface area contributed by atoms with Crippen molar-refractivity contribution in [2.45, 2.75) is 19.9 Å². The van der Waals surface area contributed by atoms with E-state index in [1.54, 1.807) is 22.8 Å². The number of hydrogen-bond donors (Lipinski definition) is 1. The second-order valence-electron chi connectivity index (χ2n) is 6.54. The average Bonchev–Trinajstić information content (AvgIpc) is 3.02. The van der Waals surface area contributed by atoms with Crippen LogP contribution in [0.2, 0.25) is 0 Å². The number of carboxylic acid groups (broad SMARTS) is 1. The summed E-state index contributed by atoms with van der Waals surface area (Å²) in [5.41, 5.74) is 2.39. The van der Waals surface area contributed by atoms with E-state index in [9.17, 15) is 4.79 Å². The van der Waals surface area contributed by atoms with E-state index in [0.717, 1.165) is 22.2 Å². The smallest absolute Gasteiger partial charge is 0.323 e. The molecule has 150 valence electrons. The van der Waals surface area contributed by atoms with E-state index in [4.69, 9.17) is 24.6 Å². The zero-order chi connectivity index (χ0) is 20.8. The van der Waals surface area contributed by atoms with Crippen LogP contribution in [0.1, 0.15) is 17.5 Å². The summed E-state index contributed by atoms with van der Waals surface area (Å²) in [4.78, 5) is 11.0. The van der Waals surface area contributed by atoms with Crippen molar-refractivity contribution in [3.8, 4) is 23.3 Å². The predicted molar refractivity (Wildman–Crippen MR) is 108 cm³/mol. The van der Waals surface area contributed by atoms with Gasteiger partial charge in [-0.2, -0.15) is 5.26 Å². The molecule has 3 aromatic rings. The first-order valence-corrected chi connectivity index (χ1v) is 9.17. The molecule has 3 rings (SSSR count). The first kappa shape index (κ1) is 20.1. The molecule has 0 saturated heterocycles. The van der Waals surface area contributed by atoms with Gasteiger partial charge in [-0.05, 0) is 42.8 Å². The maximum atomic E-state index is 11.0. The highest BCUT2D eigenvalue weighted by Crippen LogP contribution is 2.28. The van der Waals surface area contributed by atoms with E-state index in [0.29, 0.717) is 36.7 Å². The third-order valence-electron chi connectivity index (χ3n) is 4.47. The molecule has 0 aliphatic heterocycles. The minimum atomic E-state index is -0.874. The molecular weight excluding hydrogens is 372 g/mol. The Morgan fingerprint density at radius 2 is 1.93 bits per heavy atom. The van der Waals surface area contributed by atoms with Crippen LogP contribution in [0, 0.1) is 18.3 Å². The van der Waals surface area contributed by atoms with Gasteiger partial charge in [-0.25, -0.2) is 0 Å². The van der Waals surface area contributed by atoms with Gasteiger partial charge in [-0.15, -0.1) is 0 Å². The Kier molecular flexibility index (Phi) is 6.25. The van der Waals surface area contributed by atoms with Crippen molar-refractivity contribution in [2.75, 3.05) is 20.3 Å². The molecule has 29 heavy (non-hydrogen) atoms. The molecule has 0 bridgehead atoms. The van der Waals surface area contributed by atoms with Gasteiger partial charge < -0.3 is 23.9 Å². The number of aromatic nitrogens is 1. The lowest BCUT2D eigenvalue weighted by atomic mass is 10.2. The first-order chi connectivity index (χ1) is 14.0. The molecule has 0 aliphatic carbocycles.